The lowest BCUT2D eigenvalue weighted by molar-refractivity contribution is 0.309. The first-order chi connectivity index (χ1) is 8.27. The molecule has 17 heavy (non-hydrogen) atoms. The van der Waals surface area contributed by atoms with Crippen molar-refractivity contribution in [2.75, 3.05) is 19.7 Å². The SMILES string of the molecule is CC(C)c1ccccc1OCCNCC1CC1. The summed E-state index contributed by atoms with van der Waals surface area (Å²) in [5.74, 6) is 2.50. The molecule has 1 saturated carbocycles. The molecule has 1 aromatic rings. The third kappa shape index (κ3) is 4.04. The maximum Gasteiger partial charge on any atom is 0.122 e. The number of nitrogens with one attached hydrogen (secondary N) is 1. The Hall–Kier alpha value is -1.02. The van der Waals surface area contributed by atoms with Crippen molar-refractivity contribution in [1.82, 2.24) is 5.32 Å². The number of rotatable bonds is 7. The van der Waals surface area contributed by atoms with Crippen molar-refractivity contribution in [3.63, 3.8) is 0 Å². The standard InChI is InChI=1S/C15H23NO/c1-12(2)14-5-3-4-6-15(14)17-10-9-16-11-13-7-8-13/h3-6,12-13,16H,7-11H2,1-2H3. The van der Waals surface area contributed by atoms with E-state index in [4.69, 9.17) is 4.74 Å². The first kappa shape index (κ1) is 12.4. The van der Waals surface area contributed by atoms with Crippen LogP contribution in [0.2, 0.25) is 0 Å². The van der Waals surface area contributed by atoms with Gasteiger partial charge in [0, 0.05) is 6.54 Å². The molecule has 0 bridgehead atoms. The second kappa shape index (κ2) is 6.06. The molecule has 0 atom stereocenters. The molecular formula is C15H23NO. The smallest absolute Gasteiger partial charge is 0.122 e. The van der Waals surface area contributed by atoms with E-state index in [1.165, 1.54) is 18.4 Å². The van der Waals surface area contributed by atoms with Gasteiger partial charge < -0.3 is 10.1 Å². The van der Waals surface area contributed by atoms with Gasteiger partial charge in [-0.1, -0.05) is 32.0 Å². The molecular weight excluding hydrogens is 210 g/mol. The summed E-state index contributed by atoms with van der Waals surface area (Å²) >= 11 is 0. The summed E-state index contributed by atoms with van der Waals surface area (Å²) in [5.41, 5.74) is 1.30. The zero-order chi connectivity index (χ0) is 12.1. The third-order valence-electron chi connectivity index (χ3n) is 3.21. The molecule has 1 aliphatic carbocycles. The molecule has 0 unspecified atom stereocenters. The van der Waals surface area contributed by atoms with Crippen LogP contribution < -0.4 is 10.1 Å². The predicted molar refractivity (Wildman–Crippen MR) is 71.6 cm³/mol. The first-order valence-corrected chi connectivity index (χ1v) is 6.70. The summed E-state index contributed by atoms with van der Waals surface area (Å²) < 4.78 is 5.84. The zero-order valence-electron chi connectivity index (χ0n) is 10.9. The lowest BCUT2D eigenvalue weighted by Gasteiger charge is -2.14. The Morgan fingerprint density at radius 2 is 2.06 bits per heavy atom. The molecule has 1 fully saturated rings. The van der Waals surface area contributed by atoms with Crippen LogP contribution in [0.15, 0.2) is 24.3 Å². The van der Waals surface area contributed by atoms with Gasteiger partial charge >= 0.3 is 0 Å². The average Bonchev–Trinajstić information content (AvgIpc) is 3.13. The fraction of sp³-hybridized carbons (Fsp3) is 0.600. The van der Waals surface area contributed by atoms with Crippen LogP contribution in [0.4, 0.5) is 0 Å². The fourth-order valence-corrected chi connectivity index (χ4v) is 1.95. The fourth-order valence-electron chi connectivity index (χ4n) is 1.95. The summed E-state index contributed by atoms with van der Waals surface area (Å²) in [6, 6.07) is 8.33. The van der Waals surface area contributed by atoms with Crippen molar-refractivity contribution in [2.45, 2.75) is 32.6 Å². The van der Waals surface area contributed by atoms with E-state index in [0.717, 1.165) is 31.4 Å². The molecule has 0 amide bonds. The van der Waals surface area contributed by atoms with E-state index in [9.17, 15) is 0 Å². The summed E-state index contributed by atoms with van der Waals surface area (Å²) in [6.07, 6.45) is 2.81. The number of hydrogen-bond donors (Lipinski definition) is 1. The van der Waals surface area contributed by atoms with Gasteiger partial charge in [0.1, 0.15) is 12.4 Å². The van der Waals surface area contributed by atoms with Crippen molar-refractivity contribution >= 4 is 0 Å². The molecule has 1 aliphatic rings. The Balaban J connectivity index is 1.73. The molecule has 1 N–H and O–H groups in total. The van der Waals surface area contributed by atoms with Crippen LogP contribution in [0, 0.1) is 5.92 Å². The van der Waals surface area contributed by atoms with E-state index in [-0.39, 0.29) is 0 Å². The van der Waals surface area contributed by atoms with Gasteiger partial charge in [-0.3, -0.25) is 0 Å². The Morgan fingerprint density at radius 1 is 1.29 bits per heavy atom. The van der Waals surface area contributed by atoms with Crippen LogP contribution in [-0.4, -0.2) is 19.7 Å². The van der Waals surface area contributed by atoms with Crippen molar-refractivity contribution in [3.8, 4) is 5.75 Å². The molecule has 0 aromatic heterocycles. The Morgan fingerprint density at radius 3 is 2.76 bits per heavy atom. The van der Waals surface area contributed by atoms with E-state index < -0.39 is 0 Å². The molecule has 0 spiro atoms. The highest BCUT2D eigenvalue weighted by Crippen LogP contribution is 2.27. The lowest BCUT2D eigenvalue weighted by atomic mass is 10.0. The van der Waals surface area contributed by atoms with Crippen molar-refractivity contribution in [2.24, 2.45) is 5.92 Å². The second-order valence-electron chi connectivity index (χ2n) is 5.19. The highest BCUT2D eigenvalue weighted by molar-refractivity contribution is 5.35. The highest BCUT2D eigenvalue weighted by atomic mass is 16.5. The average molecular weight is 233 g/mol. The topological polar surface area (TPSA) is 21.3 Å². The van der Waals surface area contributed by atoms with Crippen LogP contribution in [0.3, 0.4) is 0 Å². The van der Waals surface area contributed by atoms with E-state index in [0.29, 0.717) is 5.92 Å². The normalized spacial score (nSPS) is 15.2. The number of para-hydroxylation sites is 1. The molecule has 0 radical (unpaired) electrons. The Bertz CT molecular complexity index is 345. The molecule has 1 aromatic carbocycles. The van der Waals surface area contributed by atoms with Gasteiger partial charge in [0.05, 0.1) is 0 Å². The van der Waals surface area contributed by atoms with Crippen LogP contribution in [-0.2, 0) is 0 Å². The molecule has 2 heteroatoms. The molecule has 0 heterocycles. The van der Waals surface area contributed by atoms with Crippen molar-refractivity contribution in [3.05, 3.63) is 29.8 Å². The van der Waals surface area contributed by atoms with Gasteiger partial charge in [0.2, 0.25) is 0 Å². The van der Waals surface area contributed by atoms with Crippen molar-refractivity contribution in [1.29, 1.82) is 0 Å². The molecule has 2 rings (SSSR count). The molecule has 2 nitrogen and oxygen atoms in total. The van der Waals surface area contributed by atoms with Crippen LogP contribution >= 0.6 is 0 Å². The summed E-state index contributed by atoms with van der Waals surface area (Å²) in [7, 11) is 0. The molecule has 0 aliphatic heterocycles. The predicted octanol–water partition coefficient (Wildman–Crippen LogP) is 3.19. The van der Waals surface area contributed by atoms with Gasteiger partial charge in [-0.2, -0.15) is 0 Å². The molecule has 0 saturated heterocycles. The maximum atomic E-state index is 5.84. The maximum absolute atomic E-state index is 5.84. The largest absolute Gasteiger partial charge is 0.492 e. The van der Waals surface area contributed by atoms with Gasteiger partial charge in [-0.15, -0.1) is 0 Å². The van der Waals surface area contributed by atoms with Gasteiger partial charge in [-0.05, 0) is 42.9 Å². The van der Waals surface area contributed by atoms with Gasteiger partial charge in [-0.25, -0.2) is 0 Å². The van der Waals surface area contributed by atoms with E-state index in [1.54, 1.807) is 0 Å². The van der Waals surface area contributed by atoms with Crippen LogP contribution in [0.5, 0.6) is 5.75 Å². The Kier molecular flexibility index (Phi) is 4.43. The highest BCUT2D eigenvalue weighted by Gasteiger charge is 2.19. The van der Waals surface area contributed by atoms with E-state index in [2.05, 4.69) is 37.4 Å². The van der Waals surface area contributed by atoms with Crippen molar-refractivity contribution < 1.29 is 4.74 Å². The number of ether oxygens (including phenoxy) is 1. The molecule has 94 valence electrons. The summed E-state index contributed by atoms with van der Waals surface area (Å²) in [5, 5.41) is 3.44. The first-order valence-electron chi connectivity index (χ1n) is 6.70. The summed E-state index contributed by atoms with van der Waals surface area (Å²) in [6.45, 7) is 7.27. The van der Waals surface area contributed by atoms with Crippen LogP contribution in [0.25, 0.3) is 0 Å². The second-order valence-corrected chi connectivity index (χ2v) is 5.19. The monoisotopic (exact) mass is 233 g/mol. The van der Waals surface area contributed by atoms with Crippen LogP contribution in [0.1, 0.15) is 38.2 Å². The minimum absolute atomic E-state index is 0.519. The zero-order valence-corrected chi connectivity index (χ0v) is 10.9. The summed E-state index contributed by atoms with van der Waals surface area (Å²) in [4.78, 5) is 0. The Labute approximate surface area is 104 Å². The third-order valence-corrected chi connectivity index (χ3v) is 3.21. The van der Waals surface area contributed by atoms with E-state index in [1.807, 2.05) is 6.07 Å². The van der Waals surface area contributed by atoms with Gasteiger partial charge in [0.25, 0.3) is 0 Å². The lowest BCUT2D eigenvalue weighted by Crippen LogP contribution is -2.23. The van der Waals surface area contributed by atoms with E-state index >= 15 is 0 Å². The number of benzene rings is 1. The van der Waals surface area contributed by atoms with Gasteiger partial charge in [0.15, 0.2) is 0 Å². The minimum Gasteiger partial charge on any atom is -0.492 e. The number of hydrogen-bond acceptors (Lipinski definition) is 2. The quantitative estimate of drug-likeness (QED) is 0.730. The minimum atomic E-state index is 0.519.